The highest BCUT2D eigenvalue weighted by molar-refractivity contribution is 7.89. The molecule has 0 aliphatic rings. The summed E-state index contributed by atoms with van der Waals surface area (Å²) < 4.78 is 26.6. The van der Waals surface area contributed by atoms with E-state index in [9.17, 15) is 8.42 Å². The maximum atomic E-state index is 12.5. The zero-order chi connectivity index (χ0) is 15.2. The summed E-state index contributed by atoms with van der Waals surface area (Å²) in [4.78, 5) is 0.372. The summed E-state index contributed by atoms with van der Waals surface area (Å²) in [5.41, 5.74) is 6.60. The third-order valence-corrected chi connectivity index (χ3v) is 5.11. The van der Waals surface area contributed by atoms with Gasteiger partial charge in [-0.2, -0.15) is 4.31 Å². The lowest BCUT2D eigenvalue weighted by Crippen LogP contribution is -2.34. The number of sulfonamides is 1. The van der Waals surface area contributed by atoms with E-state index in [0.717, 1.165) is 18.4 Å². The van der Waals surface area contributed by atoms with Gasteiger partial charge in [-0.15, -0.1) is 0 Å². The van der Waals surface area contributed by atoms with Gasteiger partial charge in [-0.25, -0.2) is 8.42 Å². The maximum Gasteiger partial charge on any atom is 0.243 e. The summed E-state index contributed by atoms with van der Waals surface area (Å²) >= 11 is 0. The number of aryl methyl sites for hydroxylation is 1. The van der Waals surface area contributed by atoms with Crippen LogP contribution < -0.4 is 5.73 Å². The van der Waals surface area contributed by atoms with E-state index in [-0.39, 0.29) is 0 Å². The molecule has 0 atom stereocenters. The Bertz CT molecular complexity index is 495. The van der Waals surface area contributed by atoms with Crippen LogP contribution in [0, 0.1) is 5.92 Å². The Morgan fingerprint density at radius 1 is 1.20 bits per heavy atom. The number of hydrogen-bond acceptors (Lipinski definition) is 3. The summed E-state index contributed by atoms with van der Waals surface area (Å²) in [6.07, 6.45) is 1.81. The first-order valence-corrected chi connectivity index (χ1v) is 8.65. The first kappa shape index (κ1) is 17.1. The fourth-order valence-electron chi connectivity index (χ4n) is 2.09. The molecule has 0 saturated carbocycles. The Morgan fingerprint density at radius 2 is 1.80 bits per heavy atom. The summed E-state index contributed by atoms with van der Waals surface area (Å²) in [5.74, 6) is 0.313. The Morgan fingerprint density at radius 3 is 2.25 bits per heavy atom. The highest BCUT2D eigenvalue weighted by atomic mass is 32.2. The van der Waals surface area contributed by atoms with E-state index in [2.05, 4.69) is 0 Å². The fourth-order valence-corrected chi connectivity index (χ4v) is 3.70. The van der Waals surface area contributed by atoms with Crippen molar-refractivity contribution in [1.82, 2.24) is 4.31 Å². The predicted molar refractivity (Wildman–Crippen MR) is 83.1 cm³/mol. The topological polar surface area (TPSA) is 63.4 Å². The Balaban J connectivity index is 2.91. The van der Waals surface area contributed by atoms with Crippen molar-refractivity contribution >= 4 is 10.0 Å². The van der Waals surface area contributed by atoms with E-state index >= 15 is 0 Å². The first-order chi connectivity index (χ1) is 9.41. The lowest BCUT2D eigenvalue weighted by molar-refractivity contribution is 0.381. The van der Waals surface area contributed by atoms with Crippen molar-refractivity contribution in [2.45, 2.75) is 38.5 Å². The van der Waals surface area contributed by atoms with Crippen LogP contribution in [0.5, 0.6) is 0 Å². The molecule has 0 spiro atoms. The van der Waals surface area contributed by atoms with Crippen LogP contribution in [0.1, 0.15) is 32.8 Å². The van der Waals surface area contributed by atoms with E-state index in [4.69, 9.17) is 5.73 Å². The van der Waals surface area contributed by atoms with Crippen molar-refractivity contribution in [3.05, 3.63) is 29.8 Å². The van der Waals surface area contributed by atoms with Gasteiger partial charge in [-0.1, -0.05) is 32.9 Å². The Labute approximate surface area is 123 Å². The van der Waals surface area contributed by atoms with E-state index in [1.807, 2.05) is 32.9 Å². The van der Waals surface area contributed by atoms with Gasteiger partial charge in [-0.3, -0.25) is 0 Å². The molecular formula is C15H26N2O2S. The van der Waals surface area contributed by atoms with Gasteiger partial charge in [0.1, 0.15) is 0 Å². The molecule has 0 aliphatic heterocycles. The molecule has 0 unspecified atom stereocenters. The van der Waals surface area contributed by atoms with E-state index in [0.29, 0.717) is 30.4 Å². The van der Waals surface area contributed by atoms with Crippen LogP contribution in [0.4, 0.5) is 0 Å². The molecule has 0 aliphatic carbocycles. The predicted octanol–water partition coefficient (Wildman–Crippen LogP) is 2.24. The summed E-state index contributed by atoms with van der Waals surface area (Å²) in [6.45, 7) is 7.61. The number of nitrogens with zero attached hydrogens (tertiary/aromatic N) is 1. The molecule has 4 nitrogen and oxygen atoms in total. The highest BCUT2D eigenvalue weighted by Gasteiger charge is 2.23. The standard InChI is InChI=1S/C15H26N2O2S/c1-4-17(12-13(2)3)20(18,19)15-9-7-14(8-10-15)6-5-11-16/h7-10,13H,4-6,11-12,16H2,1-3H3. The van der Waals surface area contributed by atoms with E-state index in [1.165, 1.54) is 4.31 Å². The normalized spacial score (nSPS) is 12.3. The van der Waals surface area contributed by atoms with Gasteiger partial charge in [-0.05, 0) is 43.0 Å². The molecule has 1 rings (SSSR count). The SMILES string of the molecule is CCN(CC(C)C)S(=O)(=O)c1ccc(CCCN)cc1. The van der Waals surface area contributed by atoms with E-state index < -0.39 is 10.0 Å². The van der Waals surface area contributed by atoms with Crippen molar-refractivity contribution < 1.29 is 8.42 Å². The molecule has 0 amide bonds. The molecule has 1 aromatic carbocycles. The van der Waals surface area contributed by atoms with Gasteiger partial charge in [0.15, 0.2) is 0 Å². The Kier molecular flexibility index (Phi) is 6.65. The average molecular weight is 298 g/mol. The van der Waals surface area contributed by atoms with Gasteiger partial charge < -0.3 is 5.73 Å². The third-order valence-electron chi connectivity index (χ3n) is 3.15. The minimum Gasteiger partial charge on any atom is -0.330 e. The maximum absolute atomic E-state index is 12.5. The third kappa shape index (κ3) is 4.58. The van der Waals surface area contributed by atoms with Crippen molar-refractivity contribution in [3.63, 3.8) is 0 Å². The second-order valence-electron chi connectivity index (χ2n) is 5.39. The molecule has 20 heavy (non-hydrogen) atoms. The van der Waals surface area contributed by atoms with Crippen LogP contribution in [0.15, 0.2) is 29.2 Å². The summed E-state index contributed by atoms with van der Waals surface area (Å²) in [6, 6.07) is 7.16. The molecule has 0 heterocycles. The smallest absolute Gasteiger partial charge is 0.243 e. The quantitative estimate of drug-likeness (QED) is 0.800. The van der Waals surface area contributed by atoms with Crippen molar-refractivity contribution in [2.24, 2.45) is 11.7 Å². The number of rotatable bonds is 8. The van der Waals surface area contributed by atoms with Gasteiger partial charge >= 0.3 is 0 Å². The van der Waals surface area contributed by atoms with Gasteiger partial charge in [0.25, 0.3) is 0 Å². The summed E-state index contributed by atoms with van der Waals surface area (Å²) in [5, 5.41) is 0. The minimum absolute atomic E-state index is 0.313. The molecule has 0 saturated heterocycles. The van der Waals surface area contributed by atoms with Crippen molar-refractivity contribution in [1.29, 1.82) is 0 Å². The molecule has 0 radical (unpaired) electrons. The molecular weight excluding hydrogens is 272 g/mol. The van der Waals surface area contributed by atoms with Gasteiger partial charge in [0, 0.05) is 13.1 Å². The molecule has 114 valence electrons. The monoisotopic (exact) mass is 298 g/mol. The van der Waals surface area contributed by atoms with Gasteiger partial charge in [0.2, 0.25) is 10.0 Å². The molecule has 0 fully saturated rings. The van der Waals surface area contributed by atoms with Crippen LogP contribution >= 0.6 is 0 Å². The number of nitrogens with two attached hydrogens (primary N) is 1. The summed E-state index contributed by atoms with van der Waals surface area (Å²) in [7, 11) is -3.37. The van der Waals surface area contributed by atoms with Crippen molar-refractivity contribution in [2.75, 3.05) is 19.6 Å². The first-order valence-electron chi connectivity index (χ1n) is 7.21. The second-order valence-corrected chi connectivity index (χ2v) is 7.32. The van der Waals surface area contributed by atoms with Crippen LogP contribution in [0.25, 0.3) is 0 Å². The molecule has 0 bridgehead atoms. The fraction of sp³-hybridized carbons (Fsp3) is 0.600. The average Bonchev–Trinajstić information content (AvgIpc) is 2.42. The lowest BCUT2D eigenvalue weighted by Gasteiger charge is -2.22. The molecule has 1 aromatic rings. The zero-order valence-electron chi connectivity index (χ0n) is 12.7. The van der Waals surface area contributed by atoms with Crippen molar-refractivity contribution in [3.8, 4) is 0 Å². The second kappa shape index (κ2) is 7.76. The highest BCUT2D eigenvalue weighted by Crippen LogP contribution is 2.18. The zero-order valence-corrected chi connectivity index (χ0v) is 13.5. The van der Waals surface area contributed by atoms with Gasteiger partial charge in [0.05, 0.1) is 4.90 Å². The van der Waals surface area contributed by atoms with E-state index in [1.54, 1.807) is 12.1 Å². The number of benzene rings is 1. The minimum atomic E-state index is -3.37. The number of hydrogen-bond donors (Lipinski definition) is 1. The van der Waals surface area contributed by atoms with Crippen LogP contribution in [0.3, 0.4) is 0 Å². The molecule has 0 aromatic heterocycles. The molecule has 2 N–H and O–H groups in total. The Hall–Kier alpha value is -0.910. The lowest BCUT2D eigenvalue weighted by atomic mass is 10.1. The van der Waals surface area contributed by atoms with Crippen LogP contribution in [0.2, 0.25) is 0 Å². The van der Waals surface area contributed by atoms with Crippen LogP contribution in [-0.4, -0.2) is 32.4 Å². The molecule has 5 heteroatoms. The largest absolute Gasteiger partial charge is 0.330 e. The van der Waals surface area contributed by atoms with Crippen LogP contribution in [-0.2, 0) is 16.4 Å².